The first kappa shape index (κ1) is 22.2. The van der Waals surface area contributed by atoms with E-state index in [-0.39, 0.29) is 29.2 Å². The summed E-state index contributed by atoms with van der Waals surface area (Å²) in [5.74, 6) is -2.10. The minimum absolute atomic E-state index is 0.172. The zero-order valence-corrected chi connectivity index (χ0v) is 19.2. The molecular weight excluding hydrogens is 476 g/mol. The molecule has 0 aromatic heterocycles. The third kappa shape index (κ3) is 4.46. The Labute approximate surface area is 194 Å². The number of anilines is 2. The second-order valence-electron chi connectivity index (χ2n) is 8.14. The predicted octanol–water partition coefficient (Wildman–Crippen LogP) is 4.23. The SMILES string of the molecule is Cc1cc(Br)ccc1NC(=O)COC(=O)c1cccc(N2C(=O)[C@@H]3CCCC[C@H]3C2=O)c1. The molecule has 7 nitrogen and oxygen atoms in total. The Morgan fingerprint density at radius 2 is 1.75 bits per heavy atom. The highest BCUT2D eigenvalue weighted by Gasteiger charge is 2.48. The Morgan fingerprint density at radius 3 is 2.41 bits per heavy atom. The Hall–Kier alpha value is -3.00. The van der Waals surface area contributed by atoms with E-state index < -0.39 is 18.5 Å². The monoisotopic (exact) mass is 498 g/mol. The summed E-state index contributed by atoms with van der Waals surface area (Å²) in [5.41, 5.74) is 2.03. The lowest BCUT2D eigenvalue weighted by Crippen LogP contribution is -2.31. The molecule has 1 saturated heterocycles. The molecule has 2 aliphatic rings. The number of hydrogen-bond donors (Lipinski definition) is 1. The molecule has 1 aliphatic heterocycles. The van der Waals surface area contributed by atoms with Crippen LogP contribution in [0.25, 0.3) is 0 Å². The minimum atomic E-state index is -0.703. The minimum Gasteiger partial charge on any atom is -0.452 e. The van der Waals surface area contributed by atoms with Crippen molar-refractivity contribution in [1.29, 1.82) is 0 Å². The molecule has 0 spiro atoms. The van der Waals surface area contributed by atoms with E-state index in [4.69, 9.17) is 4.74 Å². The summed E-state index contributed by atoms with van der Waals surface area (Å²) in [7, 11) is 0. The molecule has 2 aromatic carbocycles. The van der Waals surface area contributed by atoms with Crippen molar-refractivity contribution in [3.63, 3.8) is 0 Å². The van der Waals surface area contributed by atoms with Crippen LogP contribution >= 0.6 is 15.9 Å². The number of amides is 3. The van der Waals surface area contributed by atoms with Crippen molar-refractivity contribution in [1.82, 2.24) is 0 Å². The van der Waals surface area contributed by atoms with E-state index >= 15 is 0 Å². The van der Waals surface area contributed by atoms with Crippen LogP contribution in [0.4, 0.5) is 11.4 Å². The first-order valence-electron chi connectivity index (χ1n) is 10.6. The molecule has 32 heavy (non-hydrogen) atoms. The molecule has 166 valence electrons. The van der Waals surface area contributed by atoms with Gasteiger partial charge in [-0.05, 0) is 61.7 Å². The molecule has 2 atom stereocenters. The van der Waals surface area contributed by atoms with Crippen LogP contribution in [0.1, 0.15) is 41.6 Å². The van der Waals surface area contributed by atoms with Crippen molar-refractivity contribution in [2.75, 3.05) is 16.8 Å². The van der Waals surface area contributed by atoms with Crippen molar-refractivity contribution in [2.45, 2.75) is 32.6 Å². The molecule has 4 rings (SSSR count). The summed E-state index contributed by atoms with van der Waals surface area (Å²) >= 11 is 3.37. The average Bonchev–Trinajstić information content (AvgIpc) is 3.04. The highest BCUT2D eigenvalue weighted by atomic mass is 79.9. The van der Waals surface area contributed by atoms with Crippen LogP contribution in [-0.2, 0) is 19.1 Å². The Morgan fingerprint density at radius 1 is 1.06 bits per heavy atom. The van der Waals surface area contributed by atoms with Gasteiger partial charge in [0.1, 0.15) is 0 Å². The van der Waals surface area contributed by atoms with Crippen molar-refractivity contribution >= 4 is 51.0 Å². The van der Waals surface area contributed by atoms with Crippen LogP contribution in [0.5, 0.6) is 0 Å². The van der Waals surface area contributed by atoms with Gasteiger partial charge in [-0.15, -0.1) is 0 Å². The van der Waals surface area contributed by atoms with Crippen molar-refractivity contribution < 1.29 is 23.9 Å². The second kappa shape index (κ2) is 9.24. The number of nitrogens with one attached hydrogen (secondary N) is 1. The number of rotatable bonds is 5. The Bertz CT molecular complexity index is 1080. The standard InChI is InChI=1S/C24H23BrN2O5/c1-14-11-16(25)9-10-20(14)26-21(28)13-32-24(31)15-5-4-6-17(12-15)27-22(29)18-7-2-3-8-19(18)23(27)30/h4-6,9-12,18-19H,2-3,7-8,13H2,1H3,(H,26,28)/t18-,19-/m1/s1. The zero-order valence-electron chi connectivity index (χ0n) is 17.6. The lowest BCUT2D eigenvalue weighted by Gasteiger charge is -2.19. The fraction of sp³-hybridized carbons (Fsp3) is 0.333. The predicted molar refractivity (Wildman–Crippen MR) is 122 cm³/mol. The highest BCUT2D eigenvalue weighted by Crippen LogP contribution is 2.40. The Balaban J connectivity index is 1.41. The van der Waals surface area contributed by atoms with E-state index in [1.54, 1.807) is 24.3 Å². The maximum atomic E-state index is 12.8. The summed E-state index contributed by atoms with van der Waals surface area (Å²) in [6.45, 7) is 1.40. The average molecular weight is 499 g/mol. The lowest BCUT2D eigenvalue weighted by atomic mass is 9.81. The quantitative estimate of drug-likeness (QED) is 0.491. The smallest absolute Gasteiger partial charge is 0.338 e. The second-order valence-corrected chi connectivity index (χ2v) is 9.06. The molecule has 0 unspecified atom stereocenters. The maximum Gasteiger partial charge on any atom is 0.338 e. The summed E-state index contributed by atoms with van der Waals surface area (Å²) in [4.78, 5) is 51.5. The van der Waals surface area contributed by atoms with Crippen LogP contribution in [-0.4, -0.2) is 30.3 Å². The largest absolute Gasteiger partial charge is 0.452 e. The van der Waals surface area contributed by atoms with Crippen LogP contribution < -0.4 is 10.2 Å². The van der Waals surface area contributed by atoms with Gasteiger partial charge in [-0.2, -0.15) is 0 Å². The summed E-state index contributed by atoms with van der Waals surface area (Å²) in [5, 5.41) is 2.71. The number of aryl methyl sites for hydroxylation is 1. The number of halogens is 1. The van der Waals surface area contributed by atoms with Crippen LogP contribution in [0.15, 0.2) is 46.9 Å². The molecule has 3 amide bonds. The number of carbonyl (C=O) groups excluding carboxylic acids is 4. The van der Waals surface area contributed by atoms with Crippen LogP contribution in [0, 0.1) is 18.8 Å². The van der Waals surface area contributed by atoms with Crippen molar-refractivity contribution in [3.05, 3.63) is 58.1 Å². The van der Waals surface area contributed by atoms with E-state index in [1.807, 2.05) is 13.0 Å². The van der Waals surface area contributed by atoms with Gasteiger partial charge in [0.05, 0.1) is 23.1 Å². The van der Waals surface area contributed by atoms with E-state index in [0.717, 1.165) is 35.7 Å². The van der Waals surface area contributed by atoms with Crippen LogP contribution in [0.3, 0.4) is 0 Å². The highest BCUT2D eigenvalue weighted by molar-refractivity contribution is 9.10. The van der Waals surface area contributed by atoms with Gasteiger partial charge in [-0.25, -0.2) is 4.79 Å². The molecule has 0 bridgehead atoms. The van der Waals surface area contributed by atoms with E-state index in [9.17, 15) is 19.2 Å². The molecule has 1 saturated carbocycles. The number of nitrogens with zero attached hydrogens (tertiary/aromatic N) is 1. The van der Waals surface area contributed by atoms with E-state index in [0.29, 0.717) is 11.4 Å². The van der Waals surface area contributed by atoms with Gasteiger partial charge < -0.3 is 10.1 Å². The topological polar surface area (TPSA) is 92.8 Å². The first-order chi connectivity index (χ1) is 15.3. The number of benzene rings is 2. The molecule has 2 aromatic rings. The number of imide groups is 1. The van der Waals surface area contributed by atoms with Gasteiger partial charge in [-0.1, -0.05) is 34.8 Å². The van der Waals surface area contributed by atoms with Gasteiger partial charge in [0.25, 0.3) is 5.91 Å². The number of ether oxygens (including phenoxy) is 1. The van der Waals surface area contributed by atoms with Gasteiger partial charge in [0.2, 0.25) is 11.8 Å². The van der Waals surface area contributed by atoms with Gasteiger partial charge >= 0.3 is 5.97 Å². The zero-order chi connectivity index (χ0) is 22.8. The van der Waals surface area contributed by atoms with E-state index in [2.05, 4.69) is 21.2 Å². The summed E-state index contributed by atoms with van der Waals surface area (Å²) < 4.78 is 6.04. The third-order valence-electron chi connectivity index (χ3n) is 5.98. The molecule has 1 N–H and O–H groups in total. The summed E-state index contributed by atoms with van der Waals surface area (Å²) in [6.07, 6.45) is 3.34. The van der Waals surface area contributed by atoms with Crippen molar-refractivity contribution in [3.8, 4) is 0 Å². The lowest BCUT2D eigenvalue weighted by molar-refractivity contribution is -0.122. The first-order valence-corrected chi connectivity index (χ1v) is 11.4. The molecule has 1 aliphatic carbocycles. The third-order valence-corrected chi connectivity index (χ3v) is 6.47. The molecular formula is C24H23BrN2O5. The molecule has 8 heteroatoms. The number of carbonyl (C=O) groups is 4. The van der Waals surface area contributed by atoms with Gasteiger partial charge in [-0.3, -0.25) is 19.3 Å². The number of esters is 1. The van der Waals surface area contributed by atoms with Gasteiger partial charge in [0, 0.05) is 10.2 Å². The summed E-state index contributed by atoms with van der Waals surface area (Å²) in [6, 6.07) is 11.6. The van der Waals surface area contributed by atoms with E-state index in [1.165, 1.54) is 17.0 Å². The normalized spacial score (nSPS) is 20.1. The fourth-order valence-corrected chi connectivity index (χ4v) is 4.83. The Kier molecular flexibility index (Phi) is 6.41. The molecule has 0 radical (unpaired) electrons. The maximum absolute atomic E-state index is 12.8. The molecule has 1 heterocycles. The molecule has 2 fully saturated rings. The van der Waals surface area contributed by atoms with Crippen molar-refractivity contribution in [2.24, 2.45) is 11.8 Å². The number of fused-ring (bicyclic) bond motifs is 1. The van der Waals surface area contributed by atoms with Crippen LogP contribution in [0.2, 0.25) is 0 Å². The number of hydrogen-bond acceptors (Lipinski definition) is 5. The van der Waals surface area contributed by atoms with Gasteiger partial charge in [0.15, 0.2) is 6.61 Å². The fourth-order valence-electron chi connectivity index (χ4n) is 4.36.